The molecular formula is C9H13NO2S. The number of carboxylic acids is 1. The lowest BCUT2D eigenvalue weighted by molar-refractivity contribution is -0.142. The van der Waals surface area contributed by atoms with Crippen molar-refractivity contribution < 1.29 is 9.90 Å². The lowest BCUT2D eigenvalue weighted by Gasteiger charge is -2.18. The molecule has 0 aliphatic carbocycles. The Morgan fingerprint density at radius 1 is 1.62 bits per heavy atom. The molecule has 1 aromatic heterocycles. The van der Waals surface area contributed by atoms with Crippen molar-refractivity contribution in [2.45, 2.75) is 13.0 Å². The van der Waals surface area contributed by atoms with E-state index in [2.05, 4.69) is 0 Å². The second-order valence-electron chi connectivity index (χ2n) is 3.20. The van der Waals surface area contributed by atoms with Gasteiger partial charge in [-0.15, -0.1) is 11.3 Å². The lowest BCUT2D eigenvalue weighted by Crippen LogP contribution is -2.26. The largest absolute Gasteiger partial charge is 0.480 e. The van der Waals surface area contributed by atoms with E-state index in [0.29, 0.717) is 0 Å². The molecule has 1 atom stereocenters. The first-order chi connectivity index (χ1) is 6.02. The number of hydrogen-bond donors (Lipinski definition) is 1. The van der Waals surface area contributed by atoms with Crippen molar-refractivity contribution in [3.63, 3.8) is 0 Å². The molecule has 1 rings (SSSR count). The summed E-state index contributed by atoms with van der Waals surface area (Å²) in [5, 5.41) is 10.9. The van der Waals surface area contributed by atoms with E-state index in [9.17, 15) is 4.79 Å². The summed E-state index contributed by atoms with van der Waals surface area (Å²) < 4.78 is 0. The Labute approximate surface area is 81.6 Å². The number of carbonyl (C=O) groups is 1. The predicted molar refractivity (Wildman–Crippen MR) is 53.1 cm³/mol. The maximum Gasteiger partial charge on any atom is 0.325 e. The van der Waals surface area contributed by atoms with Crippen LogP contribution >= 0.6 is 11.3 Å². The van der Waals surface area contributed by atoms with Crippen LogP contribution in [0.1, 0.15) is 16.5 Å². The first-order valence-corrected chi connectivity index (χ1v) is 4.84. The molecule has 0 aliphatic heterocycles. The Balaban J connectivity index is 2.95. The van der Waals surface area contributed by atoms with Gasteiger partial charge in [0, 0.05) is 4.88 Å². The monoisotopic (exact) mass is 199 g/mol. The Morgan fingerprint density at radius 3 is 2.54 bits per heavy atom. The summed E-state index contributed by atoms with van der Waals surface area (Å²) in [6.07, 6.45) is 0. The van der Waals surface area contributed by atoms with Crippen LogP contribution in [0.15, 0.2) is 11.4 Å². The van der Waals surface area contributed by atoms with E-state index in [1.54, 1.807) is 30.3 Å². The molecular weight excluding hydrogens is 186 g/mol. The van der Waals surface area contributed by atoms with E-state index < -0.39 is 12.0 Å². The van der Waals surface area contributed by atoms with Crippen molar-refractivity contribution in [2.75, 3.05) is 14.1 Å². The van der Waals surface area contributed by atoms with Crippen molar-refractivity contribution in [3.8, 4) is 0 Å². The second-order valence-corrected chi connectivity index (χ2v) is 4.31. The third-order valence-corrected chi connectivity index (χ3v) is 2.70. The van der Waals surface area contributed by atoms with Crippen LogP contribution in [0.3, 0.4) is 0 Å². The summed E-state index contributed by atoms with van der Waals surface area (Å²) in [6.45, 7) is 1.97. The van der Waals surface area contributed by atoms with Gasteiger partial charge in [-0.05, 0) is 38.0 Å². The molecule has 0 aromatic carbocycles. The Bertz CT molecular complexity index is 306. The molecule has 0 saturated carbocycles. The van der Waals surface area contributed by atoms with Gasteiger partial charge in [0.2, 0.25) is 0 Å². The Hall–Kier alpha value is -0.870. The fourth-order valence-corrected chi connectivity index (χ4v) is 1.99. The molecule has 0 saturated heterocycles. The summed E-state index contributed by atoms with van der Waals surface area (Å²) in [6, 6.07) is 1.40. The molecule has 72 valence electrons. The zero-order chi connectivity index (χ0) is 10.0. The SMILES string of the molecule is Cc1cc(C(C(=O)O)N(C)C)cs1. The zero-order valence-electron chi connectivity index (χ0n) is 7.94. The van der Waals surface area contributed by atoms with Gasteiger partial charge in [0.1, 0.15) is 6.04 Å². The average Bonchev–Trinajstić information content (AvgIpc) is 2.34. The molecule has 1 unspecified atom stereocenters. The topological polar surface area (TPSA) is 40.5 Å². The first kappa shape index (κ1) is 10.2. The molecule has 0 aliphatic rings. The minimum Gasteiger partial charge on any atom is -0.480 e. The summed E-state index contributed by atoms with van der Waals surface area (Å²) in [7, 11) is 3.54. The van der Waals surface area contributed by atoms with Crippen LogP contribution in [-0.4, -0.2) is 30.1 Å². The van der Waals surface area contributed by atoms with Crippen molar-refractivity contribution in [1.29, 1.82) is 0 Å². The third kappa shape index (κ3) is 2.29. The summed E-state index contributed by atoms with van der Waals surface area (Å²) in [5.41, 5.74) is 0.861. The van der Waals surface area contributed by atoms with Gasteiger partial charge in [-0.2, -0.15) is 0 Å². The number of hydrogen-bond acceptors (Lipinski definition) is 3. The fraction of sp³-hybridized carbons (Fsp3) is 0.444. The highest BCUT2D eigenvalue weighted by molar-refractivity contribution is 7.10. The molecule has 3 nitrogen and oxygen atoms in total. The Morgan fingerprint density at radius 2 is 2.23 bits per heavy atom. The fourth-order valence-electron chi connectivity index (χ4n) is 1.27. The van der Waals surface area contributed by atoms with Crippen LogP contribution in [0.2, 0.25) is 0 Å². The van der Waals surface area contributed by atoms with Crippen LogP contribution < -0.4 is 0 Å². The molecule has 0 bridgehead atoms. The third-order valence-electron chi connectivity index (χ3n) is 1.82. The number of rotatable bonds is 3. The number of likely N-dealkylation sites (N-methyl/N-ethyl adjacent to an activating group) is 1. The number of thiophene rings is 1. The van der Waals surface area contributed by atoms with Crippen molar-refractivity contribution >= 4 is 17.3 Å². The zero-order valence-corrected chi connectivity index (χ0v) is 8.76. The molecule has 1 aromatic rings. The highest BCUT2D eigenvalue weighted by Crippen LogP contribution is 2.23. The van der Waals surface area contributed by atoms with Gasteiger partial charge in [0.25, 0.3) is 0 Å². The summed E-state index contributed by atoms with van der Waals surface area (Å²) >= 11 is 1.58. The van der Waals surface area contributed by atoms with Gasteiger partial charge >= 0.3 is 5.97 Å². The molecule has 0 spiro atoms. The van der Waals surface area contributed by atoms with Crippen molar-refractivity contribution in [3.05, 3.63) is 21.9 Å². The Kier molecular flexibility index (Phi) is 3.06. The normalized spacial score (nSPS) is 13.2. The highest BCUT2D eigenvalue weighted by atomic mass is 32.1. The summed E-state index contributed by atoms with van der Waals surface area (Å²) in [5.74, 6) is -0.803. The number of nitrogens with zero attached hydrogens (tertiary/aromatic N) is 1. The molecule has 1 N–H and O–H groups in total. The van der Waals surface area contributed by atoms with Crippen LogP contribution in [0.25, 0.3) is 0 Å². The molecule has 0 radical (unpaired) electrons. The number of aryl methyl sites for hydroxylation is 1. The van der Waals surface area contributed by atoms with Gasteiger partial charge in [-0.1, -0.05) is 0 Å². The minimum atomic E-state index is -0.803. The van der Waals surface area contributed by atoms with Crippen molar-refractivity contribution in [2.24, 2.45) is 0 Å². The van der Waals surface area contributed by atoms with Crippen LogP contribution in [0.4, 0.5) is 0 Å². The van der Waals surface area contributed by atoms with E-state index in [1.807, 2.05) is 18.4 Å². The van der Waals surface area contributed by atoms with Gasteiger partial charge in [-0.3, -0.25) is 9.69 Å². The van der Waals surface area contributed by atoms with E-state index in [1.165, 1.54) is 0 Å². The molecule has 4 heteroatoms. The van der Waals surface area contributed by atoms with Gasteiger partial charge in [-0.25, -0.2) is 0 Å². The molecule has 13 heavy (non-hydrogen) atoms. The maximum absolute atomic E-state index is 10.9. The quantitative estimate of drug-likeness (QED) is 0.806. The van der Waals surface area contributed by atoms with Crippen LogP contribution in [0, 0.1) is 6.92 Å². The molecule has 0 amide bonds. The molecule has 1 heterocycles. The van der Waals surface area contributed by atoms with Crippen LogP contribution in [0.5, 0.6) is 0 Å². The number of carboxylic acid groups (broad SMARTS) is 1. The second kappa shape index (κ2) is 3.89. The lowest BCUT2D eigenvalue weighted by atomic mass is 10.1. The van der Waals surface area contributed by atoms with E-state index in [4.69, 9.17) is 5.11 Å². The predicted octanol–water partition coefficient (Wildman–Crippen LogP) is 1.74. The number of aliphatic carboxylic acids is 1. The van der Waals surface area contributed by atoms with E-state index >= 15 is 0 Å². The van der Waals surface area contributed by atoms with E-state index in [-0.39, 0.29) is 0 Å². The van der Waals surface area contributed by atoms with E-state index in [0.717, 1.165) is 10.4 Å². The van der Waals surface area contributed by atoms with Crippen LogP contribution in [-0.2, 0) is 4.79 Å². The minimum absolute atomic E-state index is 0.523. The molecule has 0 fully saturated rings. The van der Waals surface area contributed by atoms with Gasteiger partial charge in [0.15, 0.2) is 0 Å². The highest BCUT2D eigenvalue weighted by Gasteiger charge is 2.22. The smallest absolute Gasteiger partial charge is 0.325 e. The average molecular weight is 199 g/mol. The summed E-state index contributed by atoms with van der Waals surface area (Å²) in [4.78, 5) is 13.8. The maximum atomic E-state index is 10.9. The van der Waals surface area contributed by atoms with Gasteiger partial charge in [0.05, 0.1) is 0 Å². The first-order valence-electron chi connectivity index (χ1n) is 3.96. The van der Waals surface area contributed by atoms with Crippen molar-refractivity contribution in [1.82, 2.24) is 4.90 Å². The standard InChI is InChI=1S/C9H13NO2S/c1-6-4-7(5-13-6)8(9(11)12)10(2)3/h4-5,8H,1-3H3,(H,11,12). The van der Waals surface area contributed by atoms with Gasteiger partial charge < -0.3 is 5.11 Å².